The highest BCUT2D eigenvalue weighted by atomic mass is 32.2. The first-order valence-corrected chi connectivity index (χ1v) is 11.2. The summed E-state index contributed by atoms with van der Waals surface area (Å²) in [6.07, 6.45) is 4.62. The van der Waals surface area contributed by atoms with Crippen molar-refractivity contribution in [2.45, 2.75) is 53.4 Å². The molecule has 0 radical (unpaired) electrons. The molecule has 0 saturated heterocycles. The molecule has 0 bridgehead atoms. The van der Waals surface area contributed by atoms with E-state index in [0.717, 1.165) is 72.0 Å². The van der Waals surface area contributed by atoms with Gasteiger partial charge in [-0.15, -0.1) is 0 Å². The van der Waals surface area contributed by atoms with E-state index in [4.69, 9.17) is 24.4 Å². The third kappa shape index (κ3) is 10.3. The summed E-state index contributed by atoms with van der Waals surface area (Å²) in [7, 11) is 0. The molecule has 0 aromatic rings. The van der Waals surface area contributed by atoms with E-state index in [0.29, 0.717) is 0 Å². The molecule has 0 aliphatic heterocycles. The third-order valence-corrected chi connectivity index (χ3v) is 6.33. The van der Waals surface area contributed by atoms with Gasteiger partial charge in [0, 0.05) is 37.7 Å². The van der Waals surface area contributed by atoms with Crippen molar-refractivity contribution in [3.63, 3.8) is 0 Å². The van der Waals surface area contributed by atoms with E-state index in [1.807, 2.05) is 0 Å². The molecule has 0 aromatic heterocycles. The van der Waals surface area contributed by atoms with Gasteiger partial charge >= 0.3 is 0 Å². The van der Waals surface area contributed by atoms with Crippen molar-refractivity contribution in [2.75, 3.05) is 37.7 Å². The van der Waals surface area contributed by atoms with Crippen molar-refractivity contribution in [1.29, 1.82) is 0 Å². The van der Waals surface area contributed by atoms with Crippen LogP contribution in [0.4, 0.5) is 0 Å². The number of nitrogens with zero attached hydrogens (tertiary/aromatic N) is 2. The predicted molar refractivity (Wildman–Crippen MR) is 114 cm³/mol. The van der Waals surface area contributed by atoms with Crippen molar-refractivity contribution in [2.24, 2.45) is 0 Å². The number of hydrogen-bond acceptors (Lipinski definition) is 4. The highest BCUT2D eigenvalue weighted by molar-refractivity contribution is 8.25. The van der Waals surface area contributed by atoms with Crippen molar-refractivity contribution in [1.82, 2.24) is 9.80 Å². The first-order valence-electron chi connectivity index (χ1n) is 8.43. The summed E-state index contributed by atoms with van der Waals surface area (Å²) in [5.74, 6) is 2.08. The standard InChI is InChI=1S/C16H32N2S4/c1-5-9-17(10-6-2)15(19)21-13-14-22-16(20)18(11-7-3)12-8-4/h5-14H2,1-4H3. The van der Waals surface area contributed by atoms with Crippen LogP contribution in [0.2, 0.25) is 0 Å². The van der Waals surface area contributed by atoms with Crippen LogP contribution in [0.15, 0.2) is 0 Å². The minimum absolute atomic E-state index is 1.04. The first kappa shape index (κ1) is 22.5. The van der Waals surface area contributed by atoms with E-state index in [2.05, 4.69) is 37.5 Å². The average Bonchev–Trinajstić information content (AvgIpc) is 2.50. The van der Waals surface area contributed by atoms with Gasteiger partial charge in [-0.05, 0) is 25.7 Å². The van der Waals surface area contributed by atoms with Crippen LogP contribution in [0.5, 0.6) is 0 Å². The van der Waals surface area contributed by atoms with Gasteiger partial charge in [0.05, 0.1) is 0 Å². The molecule has 0 amide bonds. The summed E-state index contributed by atoms with van der Waals surface area (Å²) < 4.78 is 2.10. The van der Waals surface area contributed by atoms with Gasteiger partial charge in [-0.25, -0.2) is 0 Å². The third-order valence-electron chi connectivity index (χ3n) is 3.02. The summed E-state index contributed by atoms with van der Waals surface area (Å²) in [5, 5.41) is 0. The molecular weight excluding hydrogens is 348 g/mol. The van der Waals surface area contributed by atoms with E-state index in [1.165, 1.54) is 0 Å². The number of thiocarbonyl (C=S) groups is 2. The molecule has 0 saturated carbocycles. The van der Waals surface area contributed by atoms with Crippen molar-refractivity contribution >= 4 is 56.6 Å². The maximum atomic E-state index is 5.56. The second-order valence-corrected chi connectivity index (χ2v) is 8.66. The van der Waals surface area contributed by atoms with Crippen molar-refractivity contribution in [3.8, 4) is 0 Å². The molecule has 0 spiro atoms. The lowest BCUT2D eigenvalue weighted by Crippen LogP contribution is -2.30. The van der Waals surface area contributed by atoms with Crippen molar-refractivity contribution in [3.05, 3.63) is 0 Å². The quantitative estimate of drug-likeness (QED) is 0.353. The van der Waals surface area contributed by atoms with Gasteiger partial charge in [0.25, 0.3) is 0 Å². The van der Waals surface area contributed by atoms with Crippen LogP contribution in [-0.2, 0) is 0 Å². The molecule has 2 nitrogen and oxygen atoms in total. The minimum Gasteiger partial charge on any atom is -0.358 e. The zero-order chi connectivity index (χ0) is 16.8. The smallest absolute Gasteiger partial charge is 0.136 e. The molecule has 0 rings (SSSR count). The normalized spacial score (nSPS) is 10.5. The Kier molecular flexibility index (Phi) is 15.4. The second kappa shape index (κ2) is 15.0. The maximum Gasteiger partial charge on any atom is 0.136 e. The molecule has 22 heavy (non-hydrogen) atoms. The van der Waals surface area contributed by atoms with Gasteiger partial charge in [-0.1, -0.05) is 75.7 Å². The molecule has 0 N–H and O–H groups in total. The molecule has 0 aromatic carbocycles. The van der Waals surface area contributed by atoms with E-state index < -0.39 is 0 Å². The molecule has 0 fully saturated rings. The summed E-state index contributed by atoms with van der Waals surface area (Å²) >= 11 is 14.7. The van der Waals surface area contributed by atoms with Crippen molar-refractivity contribution < 1.29 is 0 Å². The number of thioether (sulfide) groups is 2. The fraction of sp³-hybridized carbons (Fsp3) is 0.875. The Labute approximate surface area is 157 Å². The molecular formula is C16H32N2S4. The summed E-state index contributed by atoms with van der Waals surface area (Å²) in [6.45, 7) is 13.1. The van der Waals surface area contributed by atoms with Crippen LogP contribution < -0.4 is 0 Å². The number of rotatable bonds is 11. The highest BCUT2D eigenvalue weighted by Gasteiger charge is 2.10. The zero-order valence-electron chi connectivity index (χ0n) is 14.6. The Morgan fingerprint density at radius 3 is 1.14 bits per heavy atom. The van der Waals surface area contributed by atoms with Crippen LogP contribution in [0.25, 0.3) is 0 Å². The number of hydrogen-bond donors (Lipinski definition) is 0. The van der Waals surface area contributed by atoms with Crippen LogP contribution >= 0.6 is 48.0 Å². The Bertz CT molecular complexity index is 269. The van der Waals surface area contributed by atoms with Gasteiger partial charge in [-0.3, -0.25) is 0 Å². The molecule has 0 atom stereocenters. The summed E-state index contributed by atoms with van der Waals surface area (Å²) in [4.78, 5) is 4.67. The first-order chi connectivity index (χ1) is 10.6. The van der Waals surface area contributed by atoms with Crippen LogP contribution in [0.1, 0.15) is 53.4 Å². The van der Waals surface area contributed by atoms with Crippen LogP contribution in [-0.4, -0.2) is 56.1 Å². The topological polar surface area (TPSA) is 6.48 Å². The Morgan fingerprint density at radius 2 is 0.909 bits per heavy atom. The maximum absolute atomic E-state index is 5.56. The lowest BCUT2D eigenvalue weighted by molar-refractivity contribution is 0.430. The zero-order valence-corrected chi connectivity index (χ0v) is 17.9. The summed E-state index contributed by atoms with van der Waals surface area (Å²) in [5.41, 5.74) is 0. The van der Waals surface area contributed by atoms with Gasteiger partial charge in [0.2, 0.25) is 0 Å². The van der Waals surface area contributed by atoms with Gasteiger partial charge in [0.1, 0.15) is 8.64 Å². The van der Waals surface area contributed by atoms with Gasteiger partial charge in [0.15, 0.2) is 0 Å². The van der Waals surface area contributed by atoms with E-state index >= 15 is 0 Å². The van der Waals surface area contributed by atoms with E-state index in [1.54, 1.807) is 23.5 Å². The average molecular weight is 381 g/mol. The molecule has 130 valence electrons. The fourth-order valence-corrected chi connectivity index (χ4v) is 4.72. The highest BCUT2D eigenvalue weighted by Crippen LogP contribution is 2.16. The molecule has 6 heteroatoms. The van der Waals surface area contributed by atoms with Gasteiger partial charge in [-0.2, -0.15) is 0 Å². The molecule has 0 heterocycles. The van der Waals surface area contributed by atoms with Crippen LogP contribution in [0.3, 0.4) is 0 Å². The van der Waals surface area contributed by atoms with Crippen LogP contribution in [0, 0.1) is 0 Å². The molecule has 0 unspecified atom stereocenters. The molecule has 0 aliphatic carbocycles. The lowest BCUT2D eigenvalue weighted by Gasteiger charge is -2.24. The van der Waals surface area contributed by atoms with E-state index in [-0.39, 0.29) is 0 Å². The van der Waals surface area contributed by atoms with Gasteiger partial charge < -0.3 is 9.80 Å². The monoisotopic (exact) mass is 380 g/mol. The lowest BCUT2D eigenvalue weighted by atomic mass is 10.4. The summed E-state index contributed by atoms with van der Waals surface area (Å²) in [6, 6.07) is 0. The SMILES string of the molecule is CCCN(CCC)C(=S)SCCSC(=S)N(CCC)CCC. The predicted octanol–water partition coefficient (Wildman–Crippen LogP) is 5.27. The second-order valence-electron chi connectivity index (χ2n) is 5.20. The fourth-order valence-electron chi connectivity index (χ4n) is 2.11. The van der Waals surface area contributed by atoms with E-state index in [9.17, 15) is 0 Å². The minimum atomic E-state index is 1.04. The largest absolute Gasteiger partial charge is 0.358 e. The Balaban J connectivity index is 4.03. The Hall–Kier alpha value is 0.480. The molecule has 0 aliphatic rings. The Morgan fingerprint density at radius 1 is 0.636 bits per heavy atom.